The summed E-state index contributed by atoms with van der Waals surface area (Å²) in [6, 6.07) is 11.2. The fraction of sp³-hybridized carbons (Fsp3) is 0.333. The van der Waals surface area contributed by atoms with E-state index in [1.165, 1.54) is 18.2 Å². The highest BCUT2D eigenvalue weighted by Crippen LogP contribution is 2.43. The molecule has 1 saturated heterocycles. The molecule has 4 heterocycles. The maximum atomic E-state index is 14.1. The molecule has 2 N–H and O–H groups in total. The van der Waals surface area contributed by atoms with E-state index >= 15 is 0 Å². The Hall–Kier alpha value is -3.72. The predicted octanol–water partition coefficient (Wildman–Crippen LogP) is 5.11. The number of carboxylic acids is 1. The van der Waals surface area contributed by atoms with Crippen LogP contribution in [0.1, 0.15) is 53.2 Å². The third kappa shape index (κ3) is 4.83. The minimum Gasteiger partial charge on any atom is -0.478 e. The highest BCUT2D eigenvalue weighted by Gasteiger charge is 2.38. The third-order valence-corrected chi connectivity index (χ3v) is 7.19. The van der Waals surface area contributed by atoms with Gasteiger partial charge in [0.15, 0.2) is 0 Å². The summed E-state index contributed by atoms with van der Waals surface area (Å²) in [5, 5.41) is 12.7. The largest absolute Gasteiger partial charge is 0.478 e. The number of hydrogen-bond donors (Lipinski definition) is 2. The summed E-state index contributed by atoms with van der Waals surface area (Å²) in [6.07, 6.45) is 3.10. The normalized spacial score (nSPS) is 18.4. The molecule has 0 spiro atoms. The number of carbonyl (C=O) groups is 2. The van der Waals surface area contributed by atoms with Gasteiger partial charge in [-0.05, 0) is 55.3 Å². The smallest absolute Gasteiger partial charge is 0.339 e. The van der Waals surface area contributed by atoms with E-state index in [0.717, 1.165) is 24.2 Å². The molecule has 1 fully saturated rings. The molecule has 192 valence electrons. The van der Waals surface area contributed by atoms with Crippen molar-refractivity contribution in [2.75, 3.05) is 29.9 Å². The second kappa shape index (κ2) is 9.63. The minimum absolute atomic E-state index is 0.0676. The quantitative estimate of drug-likeness (QED) is 0.479. The number of pyridine rings is 2. The first kappa shape index (κ1) is 25.0. The summed E-state index contributed by atoms with van der Waals surface area (Å²) < 4.78 is 14.1. The second-order valence-electron chi connectivity index (χ2n) is 10.1. The zero-order valence-electron chi connectivity index (χ0n) is 20.5. The van der Waals surface area contributed by atoms with E-state index in [4.69, 9.17) is 16.6 Å². The van der Waals surface area contributed by atoms with Crippen molar-refractivity contribution in [1.82, 2.24) is 14.9 Å². The summed E-state index contributed by atoms with van der Waals surface area (Å²) >= 11 is 5.87. The van der Waals surface area contributed by atoms with Crippen molar-refractivity contribution in [3.8, 4) is 0 Å². The molecule has 2 aromatic heterocycles. The predicted molar refractivity (Wildman–Crippen MR) is 139 cm³/mol. The Morgan fingerprint density at radius 1 is 1.22 bits per heavy atom. The number of amides is 1. The molecule has 1 atom stereocenters. The van der Waals surface area contributed by atoms with Gasteiger partial charge < -0.3 is 20.2 Å². The maximum Gasteiger partial charge on any atom is 0.339 e. The third-order valence-electron chi connectivity index (χ3n) is 6.88. The monoisotopic (exact) mass is 523 g/mol. The van der Waals surface area contributed by atoms with Crippen molar-refractivity contribution in [2.24, 2.45) is 0 Å². The number of piperidine rings is 1. The van der Waals surface area contributed by atoms with Gasteiger partial charge in [-0.15, -0.1) is 0 Å². The standard InChI is InChI=1S/C27H27ClFN5O3/c1-27(2)15-34(17-7-8-19(28)20(29)13-17)22-10-9-21(32-23(22)27)25(35)33-12-4-5-16(14-33)31-24-18(26(36)37)6-3-11-30-24/h3,6-11,13,16H,4-5,12,14-15H2,1-2H3,(H,30,31)(H,36,37). The average Bonchev–Trinajstić information content (AvgIpc) is 3.15. The molecule has 8 nitrogen and oxygen atoms in total. The summed E-state index contributed by atoms with van der Waals surface area (Å²) in [6.45, 7) is 5.68. The molecule has 0 radical (unpaired) electrons. The molecule has 10 heteroatoms. The van der Waals surface area contributed by atoms with Gasteiger partial charge in [-0.25, -0.2) is 19.2 Å². The molecule has 1 amide bonds. The van der Waals surface area contributed by atoms with Crippen molar-refractivity contribution >= 4 is 40.7 Å². The van der Waals surface area contributed by atoms with Gasteiger partial charge in [0, 0.05) is 43.0 Å². The van der Waals surface area contributed by atoms with Gasteiger partial charge in [0.25, 0.3) is 5.91 Å². The van der Waals surface area contributed by atoms with Gasteiger partial charge in [-0.1, -0.05) is 25.4 Å². The Labute approximate surface area is 219 Å². The molecule has 1 unspecified atom stereocenters. The van der Waals surface area contributed by atoms with Crippen LogP contribution >= 0.6 is 11.6 Å². The molecule has 2 aliphatic rings. The van der Waals surface area contributed by atoms with Crippen LogP contribution in [0.15, 0.2) is 48.7 Å². The Balaban J connectivity index is 1.36. The van der Waals surface area contributed by atoms with Crippen LogP contribution in [-0.2, 0) is 5.41 Å². The first-order valence-electron chi connectivity index (χ1n) is 12.1. The van der Waals surface area contributed by atoms with E-state index in [-0.39, 0.29) is 28.0 Å². The number of aromatic nitrogens is 2. The number of nitrogens with one attached hydrogen (secondary N) is 1. The van der Waals surface area contributed by atoms with Gasteiger partial charge in [-0.2, -0.15) is 0 Å². The lowest BCUT2D eigenvalue weighted by Gasteiger charge is -2.33. The maximum absolute atomic E-state index is 14.1. The molecule has 2 aliphatic heterocycles. The van der Waals surface area contributed by atoms with Crippen molar-refractivity contribution in [3.05, 3.63) is 76.5 Å². The van der Waals surface area contributed by atoms with Crippen LogP contribution in [0.4, 0.5) is 21.6 Å². The number of carboxylic acid groups (broad SMARTS) is 1. The lowest BCUT2D eigenvalue weighted by Crippen LogP contribution is -2.45. The fourth-order valence-electron chi connectivity index (χ4n) is 5.05. The lowest BCUT2D eigenvalue weighted by atomic mass is 9.91. The van der Waals surface area contributed by atoms with Gasteiger partial charge in [0.05, 0.1) is 16.4 Å². The number of nitrogens with zero attached hydrogens (tertiary/aromatic N) is 4. The molecule has 37 heavy (non-hydrogen) atoms. The van der Waals surface area contributed by atoms with Crippen molar-refractivity contribution in [2.45, 2.75) is 38.1 Å². The molecular formula is C27H27ClFN5O3. The van der Waals surface area contributed by atoms with Crippen LogP contribution < -0.4 is 10.2 Å². The number of aromatic carboxylic acids is 1. The first-order valence-corrected chi connectivity index (χ1v) is 12.5. The van der Waals surface area contributed by atoms with E-state index < -0.39 is 11.8 Å². The van der Waals surface area contributed by atoms with Crippen LogP contribution in [-0.4, -0.2) is 57.5 Å². The molecule has 3 aromatic rings. The number of fused-ring (bicyclic) bond motifs is 1. The summed E-state index contributed by atoms with van der Waals surface area (Å²) in [7, 11) is 0. The molecule has 1 aromatic carbocycles. The topological polar surface area (TPSA) is 98.7 Å². The number of likely N-dealkylation sites (tertiary alicyclic amines) is 1. The zero-order chi connectivity index (χ0) is 26.3. The summed E-state index contributed by atoms with van der Waals surface area (Å²) in [5.74, 6) is -1.43. The zero-order valence-corrected chi connectivity index (χ0v) is 21.3. The van der Waals surface area contributed by atoms with Gasteiger partial charge in [-0.3, -0.25) is 4.79 Å². The Bertz CT molecular complexity index is 1380. The van der Waals surface area contributed by atoms with Gasteiger partial charge in [0.2, 0.25) is 0 Å². The highest BCUT2D eigenvalue weighted by atomic mass is 35.5. The SMILES string of the molecule is CC1(C)CN(c2ccc(Cl)c(F)c2)c2ccc(C(=O)N3CCCC(Nc4ncccc4C(=O)O)C3)nc21. The number of anilines is 3. The Kier molecular flexibility index (Phi) is 6.49. The van der Waals surface area contributed by atoms with E-state index in [9.17, 15) is 19.1 Å². The average molecular weight is 524 g/mol. The van der Waals surface area contributed by atoms with Crippen LogP contribution in [0.2, 0.25) is 5.02 Å². The van der Waals surface area contributed by atoms with Crippen molar-refractivity contribution in [3.63, 3.8) is 0 Å². The van der Waals surface area contributed by atoms with Crippen molar-refractivity contribution < 1.29 is 19.1 Å². The Morgan fingerprint density at radius 2 is 2.03 bits per heavy atom. The number of carbonyl (C=O) groups excluding carboxylic acids is 1. The van der Waals surface area contributed by atoms with Crippen LogP contribution in [0.5, 0.6) is 0 Å². The number of halogens is 2. The van der Waals surface area contributed by atoms with Crippen molar-refractivity contribution in [1.29, 1.82) is 0 Å². The summed E-state index contributed by atoms with van der Waals surface area (Å²) in [5.41, 5.74) is 2.37. The van der Waals surface area contributed by atoms with E-state index in [1.54, 1.807) is 29.3 Å². The van der Waals surface area contributed by atoms with Gasteiger partial charge in [0.1, 0.15) is 22.9 Å². The van der Waals surface area contributed by atoms with E-state index in [2.05, 4.69) is 10.3 Å². The van der Waals surface area contributed by atoms with Crippen LogP contribution in [0.3, 0.4) is 0 Å². The first-order chi connectivity index (χ1) is 17.6. The van der Waals surface area contributed by atoms with E-state index in [0.29, 0.717) is 36.8 Å². The molecule has 0 saturated carbocycles. The number of rotatable bonds is 5. The van der Waals surface area contributed by atoms with Gasteiger partial charge >= 0.3 is 5.97 Å². The number of hydrogen-bond acceptors (Lipinski definition) is 6. The molecule has 0 aliphatic carbocycles. The fourth-order valence-corrected chi connectivity index (χ4v) is 5.17. The minimum atomic E-state index is -1.06. The summed E-state index contributed by atoms with van der Waals surface area (Å²) in [4.78, 5) is 37.7. The van der Waals surface area contributed by atoms with Crippen LogP contribution in [0, 0.1) is 5.82 Å². The van der Waals surface area contributed by atoms with E-state index in [1.807, 2.05) is 24.8 Å². The molecule has 0 bridgehead atoms. The highest BCUT2D eigenvalue weighted by molar-refractivity contribution is 6.30. The second-order valence-corrected chi connectivity index (χ2v) is 10.5. The lowest BCUT2D eigenvalue weighted by molar-refractivity contribution is 0.0688. The number of benzene rings is 1. The molecule has 5 rings (SSSR count). The molecular weight excluding hydrogens is 497 g/mol. The Morgan fingerprint density at radius 3 is 2.78 bits per heavy atom. The van der Waals surface area contributed by atoms with Crippen LogP contribution in [0.25, 0.3) is 0 Å².